The lowest BCUT2D eigenvalue weighted by molar-refractivity contribution is -0.126. The number of thiophene rings is 1. The lowest BCUT2D eigenvalue weighted by atomic mass is 9.98. The highest BCUT2D eigenvalue weighted by atomic mass is 32.1. The maximum atomic E-state index is 12.9. The molecule has 2 atom stereocenters. The second-order valence-corrected chi connectivity index (χ2v) is 10.4. The van der Waals surface area contributed by atoms with Crippen molar-refractivity contribution in [3.63, 3.8) is 0 Å². The van der Waals surface area contributed by atoms with Gasteiger partial charge in [0.05, 0.1) is 29.2 Å². The third kappa shape index (κ3) is 8.03. The summed E-state index contributed by atoms with van der Waals surface area (Å²) in [6, 6.07) is 17.7. The van der Waals surface area contributed by atoms with Gasteiger partial charge in [0.25, 0.3) is 5.91 Å². The molecule has 0 aliphatic carbocycles. The van der Waals surface area contributed by atoms with Crippen molar-refractivity contribution in [2.45, 2.75) is 44.6 Å². The number of hydrogen-bond donors (Lipinski definition) is 3. The fraction of sp³-hybridized carbons (Fsp3) is 0.267. The van der Waals surface area contributed by atoms with E-state index in [9.17, 15) is 19.2 Å². The molecule has 2 heterocycles. The summed E-state index contributed by atoms with van der Waals surface area (Å²) in [5.41, 5.74) is 2.95. The fourth-order valence-electron chi connectivity index (χ4n) is 4.27. The standard InChI is InChI=1S/C30H31N5O4S/c1-20(37)17-23(19-36)34-30(39)24(27-10-6-16-40-27)7-4-5-15-31-29(38)21-11-13-22(14-12-21)33-28-18-32-25-8-2-3-9-26(25)35-28/h2-3,6,8-14,16,18-19,23-24H,4-5,7,15,17H2,1H3,(H,31,38)(H,33,35)(H,34,39). The highest BCUT2D eigenvalue weighted by Crippen LogP contribution is 2.27. The highest BCUT2D eigenvalue weighted by molar-refractivity contribution is 7.10. The van der Waals surface area contributed by atoms with Gasteiger partial charge < -0.3 is 20.7 Å². The van der Waals surface area contributed by atoms with Crippen LogP contribution in [-0.4, -0.2) is 46.4 Å². The molecule has 0 saturated heterocycles. The Kier molecular flexibility index (Phi) is 10.1. The first kappa shape index (κ1) is 28.6. The first-order chi connectivity index (χ1) is 19.4. The molecule has 0 radical (unpaired) electrons. The van der Waals surface area contributed by atoms with E-state index in [0.29, 0.717) is 43.5 Å². The number of unbranched alkanes of at least 4 members (excludes halogenated alkanes) is 1. The number of rotatable bonds is 14. The second kappa shape index (κ2) is 14.1. The molecular weight excluding hydrogens is 526 g/mol. The fourth-order valence-corrected chi connectivity index (χ4v) is 5.13. The third-order valence-corrected chi connectivity index (χ3v) is 7.26. The average Bonchev–Trinajstić information content (AvgIpc) is 3.49. The normalized spacial score (nSPS) is 12.3. The summed E-state index contributed by atoms with van der Waals surface area (Å²) in [5, 5.41) is 10.7. The van der Waals surface area contributed by atoms with Crippen LogP contribution in [0.1, 0.15) is 53.8 Å². The van der Waals surface area contributed by atoms with E-state index >= 15 is 0 Å². The Bertz CT molecular complexity index is 1460. The molecule has 2 amide bonds. The van der Waals surface area contributed by atoms with Gasteiger partial charge in [-0.3, -0.25) is 19.4 Å². The number of amides is 2. The Morgan fingerprint density at radius 3 is 2.45 bits per heavy atom. The van der Waals surface area contributed by atoms with Gasteiger partial charge in [0, 0.05) is 29.1 Å². The summed E-state index contributed by atoms with van der Waals surface area (Å²) in [6.07, 6.45) is 4.19. The molecule has 4 rings (SSSR count). The Hall–Kier alpha value is -4.44. The van der Waals surface area contributed by atoms with Crippen LogP contribution in [0.15, 0.2) is 72.2 Å². The summed E-state index contributed by atoms with van der Waals surface area (Å²) in [6.45, 7) is 1.85. The molecule has 9 nitrogen and oxygen atoms in total. The van der Waals surface area contributed by atoms with E-state index < -0.39 is 12.0 Å². The van der Waals surface area contributed by atoms with Crippen molar-refractivity contribution < 1.29 is 19.2 Å². The van der Waals surface area contributed by atoms with E-state index in [0.717, 1.165) is 21.6 Å². The molecule has 40 heavy (non-hydrogen) atoms. The topological polar surface area (TPSA) is 130 Å². The third-order valence-electron chi connectivity index (χ3n) is 6.28. The van der Waals surface area contributed by atoms with Crippen LogP contribution in [0.5, 0.6) is 0 Å². The molecule has 2 aromatic heterocycles. The lowest BCUT2D eigenvalue weighted by Gasteiger charge is -2.18. The molecule has 0 saturated carbocycles. The van der Waals surface area contributed by atoms with Crippen molar-refractivity contribution in [3.05, 3.63) is 82.7 Å². The smallest absolute Gasteiger partial charge is 0.251 e. The van der Waals surface area contributed by atoms with Gasteiger partial charge in [-0.1, -0.05) is 24.6 Å². The van der Waals surface area contributed by atoms with Gasteiger partial charge in [-0.25, -0.2) is 4.98 Å². The highest BCUT2D eigenvalue weighted by Gasteiger charge is 2.24. The van der Waals surface area contributed by atoms with E-state index in [2.05, 4.69) is 25.9 Å². The number of carbonyl (C=O) groups excluding carboxylic acids is 4. The number of benzene rings is 2. The molecule has 206 valence electrons. The molecule has 10 heteroatoms. The molecular formula is C30H31N5O4S. The van der Waals surface area contributed by atoms with Gasteiger partial charge >= 0.3 is 0 Å². The maximum Gasteiger partial charge on any atom is 0.251 e. The van der Waals surface area contributed by atoms with Crippen molar-refractivity contribution in [1.82, 2.24) is 20.6 Å². The molecule has 0 aliphatic rings. The maximum absolute atomic E-state index is 12.9. The molecule has 2 aromatic carbocycles. The van der Waals surface area contributed by atoms with Crippen LogP contribution in [0.3, 0.4) is 0 Å². The van der Waals surface area contributed by atoms with Gasteiger partial charge in [-0.2, -0.15) is 0 Å². The van der Waals surface area contributed by atoms with Crippen LogP contribution < -0.4 is 16.0 Å². The molecule has 0 spiro atoms. The van der Waals surface area contributed by atoms with Crippen molar-refractivity contribution >= 4 is 57.8 Å². The predicted molar refractivity (Wildman–Crippen MR) is 156 cm³/mol. The number of hydrogen-bond acceptors (Lipinski definition) is 8. The zero-order valence-electron chi connectivity index (χ0n) is 22.1. The van der Waals surface area contributed by atoms with Crippen LogP contribution in [0, 0.1) is 0 Å². The second-order valence-electron chi connectivity index (χ2n) is 9.42. The number of fused-ring (bicyclic) bond motifs is 1. The number of Topliss-reactive ketones (excluding diaryl/α,β-unsaturated/α-hetero) is 1. The van der Waals surface area contributed by atoms with Crippen LogP contribution >= 0.6 is 11.3 Å². The Labute approximate surface area is 236 Å². The molecule has 3 N–H and O–H groups in total. The minimum Gasteiger partial charge on any atom is -0.352 e. The van der Waals surface area contributed by atoms with Gasteiger partial charge in [0.2, 0.25) is 5.91 Å². The SMILES string of the molecule is CC(=O)CC(C=O)NC(=O)C(CCCCNC(=O)c1ccc(Nc2cnc3ccccc3n2)cc1)c1cccs1. The Morgan fingerprint density at radius 2 is 1.75 bits per heavy atom. The predicted octanol–water partition coefficient (Wildman–Crippen LogP) is 4.78. The van der Waals surface area contributed by atoms with E-state index in [1.165, 1.54) is 18.3 Å². The number of nitrogens with zero attached hydrogens (tertiary/aromatic N) is 2. The minimum absolute atomic E-state index is 0.0208. The van der Waals surface area contributed by atoms with E-state index in [1.807, 2.05) is 53.9 Å². The van der Waals surface area contributed by atoms with Gasteiger partial charge in [0.15, 0.2) is 0 Å². The number of ketones is 1. The average molecular weight is 558 g/mol. The van der Waals surface area contributed by atoms with Crippen molar-refractivity contribution in [2.75, 3.05) is 11.9 Å². The van der Waals surface area contributed by atoms with Crippen LogP contribution in [0.2, 0.25) is 0 Å². The largest absolute Gasteiger partial charge is 0.352 e. The number of nitrogens with one attached hydrogen (secondary N) is 3. The van der Waals surface area contributed by atoms with E-state index in [4.69, 9.17) is 0 Å². The van der Waals surface area contributed by atoms with Crippen LogP contribution in [-0.2, 0) is 14.4 Å². The van der Waals surface area contributed by atoms with E-state index in [-0.39, 0.29) is 24.0 Å². The Balaban J connectivity index is 1.24. The summed E-state index contributed by atoms with van der Waals surface area (Å²) >= 11 is 1.48. The lowest BCUT2D eigenvalue weighted by Crippen LogP contribution is -2.40. The van der Waals surface area contributed by atoms with Gasteiger partial charge in [-0.15, -0.1) is 11.3 Å². The zero-order chi connectivity index (χ0) is 28.3. The zero-order valence-corrected chi connectivity index (χ0v) is 22.9. The van der Waals surface area contributed by atoms with Crippen molar-refractivity contribution in [3.8, 4) is 0 Å². The van der Waals surface area contributed by atoms with Crippen LogP contribution in [0.25, 0.3) is 11.0 Å². The number of para-hydroxylation sites is 2. The first-order valence-electron chi connectivity index (χ1n) is 13.1. The molecule has 4 aromatic rings. The monoisotopic (exact) mass is 557 g/mol. The molecule has 2 unspecified atom stereocenters. The first-order valence-corrected chi connectivity index (χ1v) is 14.0. The molecule has 0 aliphatic heterocycles. The van der Waals surface area contributed by atoms with Crippen molar-refractivity contribution in [2.24, 2.45) is 0 Å². The quantitative estimate of drug-likeness (QED) is 0.150. The van der Waals surface area contributed by atoms with Gasteiger partial charge in [0.1, 0.15) is 17.9 Å². The number of anilines is 2. The van der Waals surface area contributed by atoms with Crippen LogP contribution in [0.4, 0.5) is 11.5 Å². The number of aromatic nitrogens is 2. The minimum atomic E-state index is -0.825. The number of carbonyl (C=O) groups is 4. The summed E-state index contributed by atoms with van der Waals surface area (Å²) in [7, 11) is 0. The van der Waals surface area contributed by atoms with E-state index in [1.54, 1.807) is 18.3 Å². The summed E-state index contributed by atoms with van der Waals surface area (Å²) < 4.78 is 0. The summed E-state index contributed by atoms with van der Waals surface area (Å²) in [5.74, 6) is -0.412. The van der Waals surface area contributed by atoms with Gasteiger partial charge in [-0.05, 0) is 67.6 Å². The number of aldehydes is 1. The van der Waals surface area contributed by atoms with Crippen molar-refractivity contribution in [1.29, 1.82) is 0 Å². The molecule has 0 bridgehead atoms. The summed E-state index contributed by atoms with van der Waals surface area (Å²) in [4.78, 5) is 58.0. The molecule has 0 fully saturated rings. The Morgan fingerprint density at radius 1 is 0.975 bits per heavy atom.